The van der Waals surface area contributed by atoms with E-state index < -0.39 is 0 Å². The van der Waals surface area contributed by atoms with Gasteiger partial charge in [-0.15, -0.1) is 10.2 Å². The zero-order chi connectivity index (χ0) is 19.1. The van der Waals surface area contributed by atoms with Crippen LogP contribution in [-0.4, -0.2) is 59.2 Å². The van der Waals surface area contributed by atoms with Crippen molar-refractivity contribution in [2.24, 2.45) is 12.0 Å². The van der Waals surface area contributed by atoms with E-state index in [0.29, 0.717) is 12.6 Å². The van der Waals surface area contributed by atoms with Gasteiger partial charge in [0.05, 0.1) is 5.60 Å². The molecule has 8 heteroatoms. The minimum atomic E-state index is -0.186. The molecule has 0 radical (unpaired) electrons. The Morgan fingerprint density at radius 1 is 1.26 bits per heavy atom. The third-order valence-electron chi connectivity index (χ3n) is 5.92. The molecule has 152 valence electrons. The van der Waals surface area contributed by atoms with Crippen LogP contribution < -0.4 is 10.6 Å². The first-order valence-electron chi connectivity index (χ1n) is 10.1. The second-order valence-electron chi connectivity index (χ2n) is 7.72. The number of nitrogens with zero attached hydrogens (tertiary/aromatic N) is 4. The standard InChI is InChI=1S/C19H34N6O2/c1-15-23-24-17(25(15)2)13-20-18(22-16-7-5-4-6-8-16)21-14-19(26-3)9-11-27-12-10-19/h16H,4-14H2,1-3H3,(H2,20,21,22). The highest BCUT2D eigenvalue weighted by Crippen LogP contribution is 2.23. The second kappa shape index (κ2) is 9.50. The average Bonchev–Trinajstić information content (AvgIpc) is 3.03. The van der Waals surface area contributed by atoms with Gasteiger partial charge in [-0.3, -0.25) is 0 Å². The summed E-state index contributed by atoms with van der Waals surface area (Å²) >= 11 is 0. The van der Waals surface area contributed by atoms with E-state index in [2.05, 4.69) is 20.8 Å². The molecule has 0 amide bonds. The Kier molecular flexibility index (Phi) is 7.07. The molecule has 27 heavy (non-hydrogen) atoms. The Morgan fingerprint density at radius 2 is 2.00 bits per heavy atom. The first kappa shape index (κ1) is 20.1. The third-order valence-corrected chi connectivity index (χ3v) is 5.92. The maximum Gasteiger partial charge on any atom is 0.192 e. The molecule has 2 aliphatic rings. The molecule has 1 saturated heterocycles. The summed E-state index contributed by atoms with van der Waals surface area (Å²) in [6.45, 7) is 4.67. The summed E-state index contributed by atoms with van der Waals surface area (Å²) in [7, 11) is 3.77. The van der Waals surface area contributed by atoms with Crippen molar-refractivity contribution in [1.29, 1.82) is 0 Å². The lowest BCUT2D eigenvalue weighted by Gasteiger charge is -2.36. The molecule has 8 nitrogen and oxygen atoms in total. The number of nitrogens with one attached hydrogen (secondary N) is 2. The Hall–Kier alpha value is -1.67. The predicted molar refractivity (Wildman–Crippen MR) is 105 cm³/mol. The number of guanidine groups is 1. The summed E-state index contributed by atoms with van der Waals surface area (Å²) in [6.07, 6.45) is 8.11. The minimum Gasteiger partial charge on any atom is -0.381 e. The van der Waals surface area contributed by atoms with Gasteiger partial charge >= 0.3 is 0 Å². The first-order valence-corrected chi connectivity index (χ1v) is 10.1. The van der Waals surface area contributed by atoms with Gasteiger partial charge in [-0.25, -0.2) is 4.99 Å². The summed E-state index contributed by atoms with van der Waals surface area (Å²) in [6, 6.07) is 0.486. The van der Waals surface area contributed by atoms with E-state index in [0.717, 1.165) is 50.2 Å². The molecule has 1 aliphatic heterocycles. The lowest BCUT2D eigenvalue weighted by atomic mass is 9.94. The zero-order valence-corrected chi connectivity index (χ0v) is 17.0. The maximum absolute atomic E-state index is 5.85. The van der Waals surface area contributed by atoms with Gasteiger partial charge in [0.1, 0.15) is 12.4 Å². The lowest BCUT2D eigenvalue weighted by Crippen LogP contribution is -2.52. The van der Waals surface area contributed by atoms with Crippen molar-refractivity contribution in [2.75, 3.05) is 26.9 Å². The topological polar surface area (TPSA) is 85.6 Å². The van der Waals surface area contributed by atoms with Crippen molar-refractivity contribution in [1.82, 2.24) is 25.4 Å². The third kappa shape index (κ3) is 5.42. The van der Waals surface area contributed by atoms with Crippen molar-refractivity contribution in [3.63, 3.8) is 0 Å². The van der Waals surface area contributed by atoms with E-state index >= 15 is 0 Å². The highest BCUT2D eigenvalue weighted by molar-refractivity contribution is 5.80. The maximum atomic E-state index is 5.85. The molecular weight excluding hydrogens is 344 g/mol. The van der Waals surface area contributed by atoms with Gasteiger partial charge < -0.3 is 24.7 Å². The van der Waals surface area contributed by atoms with Gasteiger partial charge in [-0.1, -0.05) is 19.3 Å². The molecular formula is C19H34N6O2. The van der Waals surface area contributed by atoms with E-state index in [1.54, 1.807) is 7.11 Å². The van der Waals surface area contributed by atoms with E-state index in [1.165, 1.54) is 32.1 Å². The van der Waals surface area contributed by atoms with Crippen molar-refractivity contribution in [3.05, 3.63) is 11.6 Å². The van der Waals surface area contributed by atoms with E-state index in [9.17, 15) is 0 Å². The quantitative estimate of drug-likeness (QED) is 0.579. The Morgan fingerprint density at radius 3 is 2.63 bits per heavy atom. The molecule has 2 fully saturated rings. The number of aliphatic imine (C=N–C) groups is 1. The highest BCUT2D eigenvalue weighted by Gasteiger charge is 2.32. The molecule has 0 unspecified atom stereocenters. The van der Waals surface area contributed by atoms with Crippen molar-refractivity contribution in [3.8, 4) is 0 Å². The average molecular weight is 379 g/mol. The van der Waals surface area contributed by atoms with E-state index in [-0.39, 0.29) is 5.60 Å². The van der Waals surface area contributed by atoms with Gasteiger partial charge in [-0.05, 0) is 19.8 Å². The molecule has 0 aromatic carbocycles. The summed E-state index contributed by atoms with van der Waals surface area (Å²) in [4.78, 5) is 4.80. The van der Waals surface area contributed by atoms with Crippen LogP contribution in [0.2, 0.25) is 0 Å². The number of methoxy groups -OCH3 is 1. The molecule has 2 heterocycles. The largest absolute Gasteiger partial charge is 0.381 e. The van der Waals surface area contributed by atoms with Gasteiger partial charge in [0.25, 0.3) is 0 Å². The number of hydrogen-bond acceptors (Lipinski definition) is 5. The fraction of sp³-hybridized carbons (Fsp3) is 0.842. The summed E-state index contributed by atoms with van der Waals surface area (Å²) in [5.41, 5.74) is -0.186. The number of ether oxygens (including phenoxy) is 2. The molecule has 3 rings (SSSR count). The monoisotopic (exact) mass is 378 g/mol. The number of hydrogen-bond donors (Lipinski definition) is 2. The van der Waals surface area contributed by atoms with Crippen molar-refractivity contribution in [2.45, 2.75) is 70.1 Å². The number of aromatic nitrogens is 3. The normalized spacial score (nSPS) is 21.2. The van der Waals surface area contributed by atoms with Crippen LogP contribution in [0.3, 0.4) is 0 Å². The fourth-order valence-electron chi connectivity index (χ4n) is 3.77. The van der Waals surface area contributed by atoms with Crippen LogP contribution in [-0.2, 0) is 23.1 Å². The predicted octanol–water partition coefficient (Wildman–Crippen LogP) is 1.69. The van der Waals surface area contributed by atoms with E-state index in [1.807, 2.05) is 18.5 Å². The summed E-state index contributed by atoms with van der Waals surface area (Å²) in [5.74, 6) is 2.60. The SMILES string of the molecule is COC1(CNC(=NCc2nnc(C)n2C)NC2CCCCC2)CCOCC1. The van der Waals surface area contributed by atoms with Gasteiger partial charge in [0.2, 0.25) is 0 Å². The lowest BCUT2D eigenvalue weighted by molar-refractivity contribution is -0.0855. The molecule has 1 aliphatic carbocycles. The molecule has 0 spiro atoms. The fourth-order valence-corrected chi connectivity index (χ4v) is 3.77. The van der Waals surface area contributed by atoms with E-state index in [4.69, 9.17) is 14.5 Å². The molecule has 2 N–H and O–H groups in total. The van der Waals surface area contributed by atoms with Crippen molar-refractivity contribution >= 4 is 5.96 Å². The highest BCUT2D eigenvalue weighted by atomic mass is 16.5. The van der Waals surface area contributed by atoms with Crippen LogP contribution in [0.5, 0.6) is 0 Å². The Bertz CT molecular complexity index is 618. The molecule has 1 aromatic heterocycles. The number of rotatable bonds is 6. The first-order chi connectivity index (χ1) is 13.1. The minimum absolute atomic E-state index is 0.186. The van der Waals surface area contributed by atoms with Crippen LogP contribution >= 0.6 is 0 Å². The van der Waals surface area contributed by atoms with Crippen LogP contribution in [0, 0.1) is 6.92 Å². The molecule has 1 saturated carbocycles. The van der Waals surface area contributed by atoms with Gasteiger partial charge in [-0.2, -0.15) is 0 Å². The van der Waals surface area contributed by atoms with Crippen LogP contribution in [0.1, 0.15) is 56.6 Å². The molecule has 0 atom stereocenters. The summed E-state index contributed by atoms with van der Waals surface area (Å²) < 4.78 is 13.3. The Labute approximate surface area is 162 Å². The van der Waals surface area contributed by atoms with Crippen LogP contribution in [0.25, 0.3) is 0 Å². The van der Waals surface area contributed by atoms with Gasteiger partial charge in [0, 0.05) is 52.8 Å². The van der Waals surface area contributed by atoms with Crippen molar-refractivity contribution < 1.29 is 9.47 Å². The van der Waals surface area contributed by atoms with Crippen LogP contribution in [0.15, 0.2) is 4.99 Å². The second-order valence-corrected chi connectivity index (χ2v) is 7.72. The molecule has 1 aromatic rings. The Balaban J connectivity index is 1.66. The smallest absolute Gasteiger partial charge is 0.192 e. The van der Waals surface area contributed by atoms with Gasteiger partial charge in [0.15, 0.2) is 11.8 Å². The molecule has 0 bridgehead atoms. The van der Waals surface area contributed by atoms with Crippen LogP contribution in [0.4, 0.5) is 0 Å². The number of aryl methyl sites for hydroxylation is 1. The summed E-state index contributed by atoms with van der Waals surface area (Å²) in [5, 5.41) is 15.5. The zero-order valence-electron chi connectivity index (χ0n) is 17.0.